The highest BCUT2D eigenvalue weighted by Gasteiger charge is 2.41. The summed E-state index contributed by atoms with van der Waals surface area (Å²) in [6, 6.07) is 14.4. The Morgan fingerprint density at radius 3 is 1.93 bits per heavy atom. The highest BCUT2D eigenvalue weighted by atomic mass is 32.2. The summed E-state index contributed by atoms with van der Waals surface area (Å²) in [6.07, 6.45) is 1.60. The summed E-state index contributed by atoms with van der Waals surface area (Å²) in [5.41, 5.74) is 7.18. The fourth-order valence-electron chi connectivity index (χ4n) is 5.19. The van der Waals surface area contributed by atoms with Crippen LogP contribution in [0.25, 0.3) is 0 Å². The predicted molar refractivity (Wildman–Crippen MR) is 180 cm³/mol. The van der Waals surface area contributed by atoms with Gasteiger partial charge in [-0.15, -0.1) is 0 Å². The molecule has 2 aromatic carbocycles. The number of nitrogen functional groups attached to an aromatic ring is 1. The molecule has 11 heteroatoms. The number of allylic oxidation sites excluding steroid dienone is 1. The average Bonchev–Trinajstić information content (AvgIpc) is 2.93. The van der Waals surface area contributed by atoms with E-state index in [1.807, 2.05) is 60.6 Å². The third-order valence-corrected chi connectivity index (χ3v) is 9.15. The van der Waals surface area contributed by atoms with Crippen molar-refractivity contribution in [2.45, 2.75) is 78.6 Å². The molecule has 0 saturated carbocycles. The minimum Gasteiger partial charge on any atom is -0.399 e. The summed E-state index contributed by atoms with van der Waals surface area (Å²) in [5.74, 6) is -2.79. The average molecular weight is 642 g/mol. The number of nitrogens with two attached hydrogens (primary N) is 1. The van der Waals surface area contributed by atoms with Gasteiger partial charge in [-0.05, 0) is 48.6 Å². The molecule has 0 fully saturated rings. The number of likely N-dealkylation sites (N-methyl/N-ethyl adjacent to an activating group) is 2. The van der Waals surface area contributed by atoms with Crippen LogP contribution in [-0.4, -0.2) is 57.2 Å². The van der Waals surface area contributed by atoms with E-state index in [-0.39, 0.29) is 23.5 Å². The standard InChI is InChI=1S/C34H51N5O5S/c1-22(2)27(20-23(3)30(40)38-45(43,44)21-24-14-12-11-13-15-24)39(10)32(42)29(33(4,5)6)37-31(41)28(36-9)34(7,8)25-16-18-26(35)19-17-25/h11-20,22-23,28-29,36H,21,35H2,1-10H3,(H,37,41)(H,38,40)/b27-20+/t23?,28-,29-/m1/s1. The molecule has 0 aliphatic rings. The van der Waals surface area contributed by atoms with Gasteiger partial charge in [-0.1, -0.05) is 97.0 Å². The predicted octanol–water partition coefficient (Wildman–Crippen LogP) is 3.95. The molecule has 3 atom stereocenters. The van der Waals surface area contributed by atoms with Gasteiger partial charge in [-0.25, -0.2) is 8.42 Å². The SMILES string of the molecule is CN[C@H](C(=O)N[C@H](C(=O)N(C)/C(=C/C(C)C(=O)NS(=O)(=O)Cc1ccccc1)C(C)C)C(C)(C)C)C(C)(C)c1ccc(N)cc1. The Bertz CT molecular complexity index is 1460. The first-order valence-corrected chi connectivity index (χ1v) is 16.8. The van der Waals surface area contributed by atoms with Gasteiger partial charge in [0.1, 0.15) is 6.04 Å². The van der Waals surface area contributed by atoms with Crippen LogP contribution in [0.4, 0.5) is 5.69 Å². The minimum atomic E-state index is -3.93. The Morgan fingerprint density at radius 2 is 1.44 bits per heavy atom. The molecule has 0 saturated heterocycles. The number of rotatable bonds is 13. The molecule has 45 heavy (non-hydrogen) atoms. The lowest BCUT2D eigenvalue weighted by Gasteiger charge is -2.39. The summed E-state index contributed by atoms with van der Waals surface area (Å²) in [6.45, 7) is 14.8. The number of carbonyl (C=O) groups excluding carboxylic acids is 3. The van der Waals surface area contributed by atoms with Crippen LogP contribution in [0.1, 0.15) is 66.5 Å². The molecule has 2 aromatic rings. The Balaban J connectivity index is 2.30. The molecule has 0 aromatic heterocycles. The van der Waals surface area contributed by atoms with E-state index in [1.54, 1.807) is 69.6 Å². The molecule has 0 aliphatic heterocycles. The van der Waals surface area contributed by atoms with Crippen molar-refractivity contribution in [1.29, 1.82) is 0 Å². The van der Waals surface area contributed by atoms with Crippen LogP contribution < -0.4 is 21.1 Å². The van der Waals surface area contributed by atoms with E-state index in [2.05, 4.69) is 15.4 Å². The molecule has 3 amide bonds. The number of hydrogen-bond donors (Lipinski definition) is 4. The maximum atomic E-state index is 14.1. The van der Waals surface area contributed by atoms with Gasteiger partial charge in [0.25, 0.3) is 0 Å². The summed E-state index contributed by atoms with van der Waals surface area (Å²) >= 11 is 0. The minimum absolute atomic E-state index is 0.194. The first-order chi connectivity index (χ1) is 20.7. The van der Waals surface area contributed by atoms with Crippen LogP contribution >= 0.6 is 0 Å². The second kappa shape index (κ2) is 15.1. The number of amides is 3. The molecule has 248 valence electrons. The highest BCUT2D eigenvalue weighted by Crippen LogP contribution is 2.30. The molecule has 10 nitrogen and oxygen atoms in total. The third-order valence-electron chi connectivity index (χ3n) is 7.93. The van der Waals surface area contributed by atoms with Gasteiger partial charge >= 0.3 is 0 Å². The van der Waals surface area contributed by atoms with Gasteiger partial charge in [0.05, 0.1) is 17.7 Å². The molecule has 5 N–H and O–H groups in total. The zero-order chi connectivity index (χ0) is 34.3. The monoisotopic (exact) mass is 641 g/mol. The number of nitrogens with one attached hydrogen (secondary N) is 3. The van der Waals surface area contributed by atoms with Crippen LogP contribution in [0, 0.1) is 17.3 Å². The second-order valence-electron chi connectivity index (χ2n) is 13.5. The molecule has 2 rings (SSSR count). The maximum Gasteiger partial charge on any atom is 0.249 e. The van der Waals surface area contributed by atoms with Crippen molar-refractivity contribution in [3.05, 3.63) is 77.5 Å². The van der Waals surface area contributed by atoms with Gasteiger partial charge in [0.15, 0.2) is 0 Å². The lowest BCUT2D eigenvalue weighted by Crippen LogP contribution is -2.60. The highest BCUT2D eigenvalue weighted by molar-refractivity contribution is 7.89. The topological polar surface area (TPSA) is 151 Å². The van der Waals surface area contributed by atoms with Crippen LogP contribution in [0.2, 0.25) is 0 Å². The summed E-state index contributed by atoms with van der Waals surface area (Å²) in [7, 11) is -0.627. The maximum absolute atomic E-state index is 14.1. The van der Waals surface area contributed by atoms with Crippen molar-refractivity contribution in [2.75, 3.05) is 19.8 Å². The normalized spacial score (nSPS) is 14.8. The van der Waals surface area contributed by atoms with Gasteiger partial charge in [-0.2, -0.15) is 0 Å². The fraction of sp³-hybridized carbons (Fsp3) is 0.500. The zero-order valence-corrected chi connectivity index (χ0v) is 29.1. The third kappa shape index (κ3) is 10.2. The molecule has 0 bridgehead atoms. The van der Waals surface area contributed by atoms with Crippen molar-refractivity contribution < 1.29 is 22.8 Å². The Labute approximate surface area is 269 Å². The van der Waals surface area contributed by atoms with E-state index >= 15 is 0 Å². The van der Waals surface area contributed by atoms with Crippen molar-refractivity contribution in [3.8, 4) is 0 Å². The van der Waals surface area contributed by atoms with Crippen LogP contribution in [0.5, 0.6) is 0 Å². The van der Waals surface area contributed by atoms with E-state index in [9.17, 15) is 22.8 Å². The number of anilines is 1. The van der Waals surface area contributed by atoms with Crippen molar-refractivity contribution in [1.82, 2.24) is 20.3 Å². The van der Waals surface area contributed by atoms with Crippen molar-refractivity contribution in [2.24, 2.45) is 17.3 Å². The van der Waals surface area contributed by atoms with E-state index in [0.717, 1.165) is 5.56 Å². The van der Waals surface area contributed by atoms with E-state index in [0.29, 0.717) is 16.9 Å². The summed E-state index contributed by atoms with van der Waals surface area (Å²) in [4.78, 5) is 42.3. The second-order valence-corrected chi connectivity index (χ2v) is 15.2. The first-order valence-electron chi connectivity index (χ1n) is 15.1. The van der Waals surface area contributed by atoms with Gasteiger partial charge in [-0.3, -0.25) is 19.1 Å². The van der Waals surface area contributed by atoms with Gasteiger partial charge in [0, 0.05) is 23.8 Å². The molecular weight excluding hydrogens is 590 g/mol. The molecule has 0 heterocycles. The molecule has 0 aliphatic carbocycles. The van der Waals surface area contributed by atoms with Crippen molar-refractivity contribution >= 4 is 33.4 Å². The number of nitrogens with zero attached hydrogens (tertiary/aromatic N) is 1. The smallest absolute Gasteiger partial charge is 0.249 e. The Kier molecular flexibility index (Phi) is 12.5. The largest absolute Gasteiger partial charge is 0.399 e. The van der Waals surface area contributed by atoms with Crippen LogP contribution in [-0.2, 0) is 35.6 Å². The van der Waals surface area contributed by atoms with Gasteiger partial charge < -0.3 is 21.3 Å². The lowest BCUT2D eigenvalue weighted by molar-refractivity contribution is -0.138. The zero-order valence-electron chi connectivity index (χ0n) is 28.3. The Morgan fingerprint density at radius 1 is 0.889 bits per heavy atom. The Hall–Kier alpha value is -3.70. The van der Waals surface area contributed by atoms with Crippen LogP contribution in [0.3, 0.4) is 0 Å². The van der Waals surface area contributed by atoms with E-state index < -0.39 is 44.8 Å². The quantitative estimate of drug-likeness (QED) is 0.242. The first kappa shape index (κ1) is 37.5. The van der Waals surface area contributed by atoms with Crippen LogP contribution in [0.15, 0.2) is 66.4 Å². The molecule has 0 spiro atoms. The van der Waals surface area contributed by atoms with E-state index in [1.165, 1.54) is 4.90 Å². The number of hydrogen-bond acceptors (Lipinski definition) is 7. The number of carbonyl (C=O) groups is 3. The number of sulfonamides is 1. The molecule has 1 unspecified atom stereocenters. The molecular formula is C34H51N5O5S. The summed E-state index contributed by atoms with van der Waals surface area (Å²) in [5, 5.41) is 6.12. The molecule has 0 radical (unpaired) electrons. The van der Waals surface area contributed by atoms with Crippen molar-refractivity contribution in [3.63, 3.8) is 0 Å². The summed E-state index contributed by atoms with van der Waals surface area (Å²) < 4.78 is 27.5. The number of benzene rings is 2. The van der Waals surface area contributed by atoms with Gasteiger partial charge in [0.2, 0.25) is 27.7 Å². The fourth-order valence-corrected chi connectivity index (χ4v) is 6.39. The lowest BCUT2D eigenvalue weighted by atomic mass is 9.76. The van der Waals surface area contributed by atoms with E-state index in [4.69, 9.17) is 5.73 Å².